The summed E-state index contributed by atoms with van der Waals surface area (Å²) >= 11 is 3.52. The molecular weight excluding hydrogens is 508 g/mol. The molecule has 3 aromatic rings. The summed E-state index contributed by atoms with van der Waals surface area (Å²) in [7, 11) is 1.85. The molecule has 5 heteroatoms. The number of hydrogen-bond donors (Lipinski definition) is 2. The maximum atomic E-state index is 4.47. The second kappa shape index (κ2) is 11.6. The molecule has 2 N–H and O–H groups in total. The molecule has 1 saturated heterocycles. The first kappa shape index (κ1) is 25.8. The normalized spacial score (nSPS) is 15.6. The van der Waals surface area contributed by atoms with Gasteiger partial charge < -0.3 is 15.5 Å². The van der Waals surface area contributed by atoms with Crippen LogP contribution in [0.3, 0.4) is 0 Å². The van der Waals surface area contributed by atoms with Crippen molar-refractivity contribution in [2.24, 2.45) is 0 Å². The summed E-state index contributed by atoms with van der Waals surface area (Å²) in [5, 5.41) is 6.47. The van der Waals surface area contributed by atoms with Crippen molar-refractivity contribution in [3.63, 3.8) is 0 Å². The highest BCUT2D eigenvalue weighted by Crippen LogP contribution is 2.37. The molecule has 36 heavy (non-hydrogen) atoms. The minimum Gasteiger partial charge on any atom is -0.375 e. The quantitative estimate of drug-likeness (QED) is 0.306. The van der Waals surface area contributed by atoms with Crippen molar-refractivity contribution in [3.05, 3.63) is 137 Å². The van der Waals surface area contributed by atoms with E-state index >= 15 is 0 Å². The van der Waals surface area contributed by atoms with Crippen LogP contribution in [0.4, 0.5) is 5.69 Å². The molecule has 0 spiro atoms. The first-order chi connectivity index (χ1) is 17.5. The van der Waals surface area contributed by atoms with E-state index in [-0.39, 0.29) is 0 Å². The number of anilines is 1. The molecule has 1 fully saturated rings. The maximum Gasteiger partial charge on any atom is 0.105 e. The third-order valence-corrected chi connectivity index (χ3v) is 7.50. The van der Waals surface area contributed by atoms with Gasteiger partial charge in [-0.15, -0.1) is 6.58 Å². The summed E-state index contributed by atoms with van der Waals surface area (Å²) in [6.45, 7) is 16.5. The van der Waals surface area contributed by atoms with Crippen molar-refractivity contribution >= 4 is 21.6 Å². The first-order valence-corrected chi connectivity index (χ1v) is 13.1. The van der Waals surface area contributed by atoms with Gasteiger partial charge in [-0.2, -0.15) is 0 Å². The molecule has 1 unspecified atom stereocenters. The molecule has 0 amide bonds. The number of hydrogen-bond acceptors (Lipinski definition) is 4. The Morgan fingerprint density at radius 3 is 2.03 bits per heavy atom. The van der Waals surface area contributed by atoms with Crippen LogP contribution in [0, 0.1) is 0 Å². The Labute approximate surface area is 224 Å². The van der Waals surface area contributed by atoms with Crippen LogP contribution in [0.5, 0.6) is 0 Å². The average molecular weight is 544 g/mol. The molecule has 4 nitrogen and oxygen atoms in total. The van der Waals surface area contributed by atoms with E-state index in [1.807, 2.05) is 13.1 Å². The Kier molecular flexibility index (Phi) is 8.34. The highest BCUT2D eigenvalue weighted by molar-refractivity contribution is 9.10. The SMILES string of the molecule is C=CC(C(=C)NC(=C)NC)(c1ccc(Cc2ccc(Br)cc2)cc1)N1CCN(c2ccccc2)CC1. The molecule has 1 aliphatic rings. The van der Waals surface area contributed by atoms with Gasteiger partial charge in [0.05, 0.1) is 5.82 Å². The molecule has 0 aromatic heterocycles. The third kappa shape index (κ3) is 5.58. The minimum atomic E-state index is -0.571. The van der Waals surface area contributed by atoms with E-state index in [1.165, 1.54) is 16.8 Å². The van der Waals surface area contributed by atoms with Gasteiger partial charge in [-0.05, 0) is 47.4 Å². The largest absolute Gasteiger partial charge is 0.375 e. The van der Waals surface area contributed by atoms with E-state index in [1.54, 1.807) is 0 Å². The number of benzene rings is 3. The molecule has 1 atom stereocenters. The fourth-order valence-corrected chi connectivity index (χ4v) is 5.19. The summed E-state index contributed by atoms with van der Waals surface area (Å²) in [5.41, 5.74) is 5.23. The molecule has 3 aromatic carbocycles. The molecule has 0 aliphatic carbocycles. The molecule has 0 saturated carbocycles. The van der Waals surface area contributed by atoms with Gasteiger partial charge in [0.2, 0.25) is 0 Å². The van der Waals surface area contributed by atoms with Crippen LogP contribution in [0.15, 0.2) is 121 Å². The Morgan fingerprint density at radius 1 is 0.889 bits per heavy atom. The lowest BCUT2D eigenvalue weighted by atomic mass is 9.83. The van der Waals surface area contributed by atoms with Crippen LogP contribution in [-0.4, -0.2) is 38.1 Å². The second-order valence-electron chi connectivity index (χ2n) is 9.11. The fraction of sp³-hybridized carbons (Fsp3) is 0.226. The van der Waals surface area contributed by atoms with Gasteiger partial charge in [-0.25, -0.2) is 0 Å². The molecule has 0 radical (unpaired) electrons. The molecule has 1 heterocycles. The number of halogens is 1. The van der Waals surface area contributed by atoms with Gasteiger partial charge in [-0.1, -0.05) is 89.8 Å². The Morgan fingerprint density at radius 2 is 1.47 bits per heavy atom. The standard InChI is InChI=1S/C31H35BrN4/c1-5-31(24(2)34-25(3)33-4,36-21-19-35(20-22-36)30-9-7-6-8-10-30)28-15-11-26(12-16-28)23-27-13-17-29(32)18-14-27/h5-18,33-34H,1-3,19-23H2,4H3. The number of rotatable bonds is 10. The van der Waals surface area contributed by atoms with Crippen molar-refractivity contribution in [3.8, 4) is 0 Å². The monoisotopic (exact) mass is 542 g/mol. The van der Waals surface area contributed by atoms with Crippen molar-refractivity contribution in [1.82, 2.24) is 15.5 Å². The second-order valence-corrected chi connectivity index (χ2v) is 10.0. The highest BCUT2D eigenvalue weighted by Gasteiger charge is 2.40. The summed E-state index contributed by atoms with van der Waals surface area (Å²) in [6.07, 6.45) is 2.91. The Bertz CT molecular complexity index is 1180. The van der Waals surface area contributed by atoms with E-state index in [2.05, 4.69) is 135 Å². The van der Waals surface area contributed by atoms with E-state index in [0.29, 0.717) is 5.82 Å². The summed E-state index contributed by atoms with van der Waals surface area (Å²) in [5.74, 6) is 0.709. The van der Waals surface area contributed by atoms with Crippen molar-refractivity contribution in [2.45, 2.75) is 12.0 Å². The van der Waals surface area contributed by atoms with Crippen LogP contribution in [-0.2, 0) is 12.0 Å². The zero-order valence-corrected chi connectivity index (χ0v) is 22.6. The number of nitrogens with one attached hydrogen (secondary N) is 2. The van der Waals surface area contributed by atoms with Crippen LogP contribution < -0.4 is 15.5 Å². The molecular formula is C31H35BrN4. The van der Waals surface area contributed by atoms with Crippen molar-refractivity contribution in [1.29, 1.82) is 0 Å². The lowest BCUT2D eigenvalue weighted by molar-refractivity contribution is 0.145. The zero-order valence-electron chi connectivity index (χ0n) is 21.0. The van der Waals surface area contributed by atoms with E-state index in [9.17, 15) is 0 Å². The summed E-state index contributed by atoms with van der Waals surface area (Å²) in [4.78, 5) is 4.91. The number of para-hydroxylation sites is 1. The molecule has 0 bridgehead atoms. The number of piperazine rings is 1. The fourth-order valence-electron chi connectivity index (χ4n) is 4.93. The van der Waals surface area contributed by atoms with Gasteiger partial charge in [-0.3, -0.25) is 4.90 Å². The van der Waals surface area contributed by atoms with E-state index in [4.69, 9.17) is 0 Å². The van der Waals surface area contributed by atoms with Gasteiger partial charge in [0.25, 0.3) is 0 Å². The lowest BCUT2D eigenvalue weighted by Crippen LogP contribution is -2.57. The van der Waals surface area contributed by atoms with E-state index in [0.717, 1.165) is 48.3 Å². The Balaban J connectivity index is 1.60. The predicted octanol–water partition coefficient (Wildman–Crippen LogP) is 6.04. The highest BCUT2D eigenvalue weighted by atomic mass is 79.9. The summed E-state index contributed by atoms with van der Waals surface area (Å²) < 4.78 is 1.10. The van der Waals surface area contributed by atoms with Gasteiger partial charge in [0.15, 0.2) is 0 Å². The van der Waals surface area contributed by atoms with Crippen molar-refractivity contribution in [2.75, 3.05) is 38.1 Å². The zero-order chi connectivity index (χ0) is 25.5. The molecule has 4 rings (SSSR count). The van der Waals surface area contributed by atoms with Gasteiger partial charge in [0, 0.05) is 49.1 Å². The lowest BCUT2D eigenvalue weighted by Gasteiger charge is -2.48. The van der Waals surface area contributed by atoms with Gasteiger partial charge in [0.1, 0.15) is 5.54 Å². The van der Waals surface area contributed by atoms with Crippen molar-refractivity contribution < 1.29 is 0 Å². The number of nitrogens with zero attached hydrogens (tertiary/aromatic N) is 2. The smallest absolute Gasteiger partial charge is 0.105 e. The first-order valence-electron chi connectivity index (χ1n) is 12.3. The van der Waals surface area contributed by atoms with Crippen LogP contribution >= 0.6 is 15.9 Å². The maximum absolute atomic E-state index is 4.47. The summed E-state index contributed by atoms with van der Waals surface area (Å²) in [6, 6.07) is 28.0. The van der Waals surface area contributed by atoms with Crippen LogP contribution in [0.1, 0.15) is 16.7 Å². The Hall–Kier alpha value is -3.28. The third-order valence-electron chi connectivity index (χ3n) is 6.97. The minimum absolute atomic E-state index is 0.571. The van der Waals surface area contributed by atoms with Gasteiger partial charge >= 0.3 is 0 Å². The predicted molar refractivity (Wildman–Crippen MR) is 156 cm³/mol. The topological polar surface area (TPSA) is 30.5 Å². The van der Waals surface area contributed by atoms with Crippen LogP contribution in [0.25, 0.3) is 0 Å². The molecule has 186 valence electrons. The van der Waals surface area contributed by atoms with E-state index < -0.39 is 5.54 Å². The molecule has 1 aliphatic heterocycles. The average Bonchev–Trinajstić information content (AvgIpc) is 2.92. The van der Waals surface area contributed by atoms with Crippen LogP contribution in [0.2, 0.25) is 0 Å².